The second-order valence-corrected chi connectivity index (χ2v) is 11.1. The fourth-order valence-electron chi connectivity index (χ4n) is 5.78. The molecule has 10 heteroatoms. The van der Waals surface area contributed by atoms with E-state index in [0.29, 0.717) is 16.5 Å². The Balaban J connectivity index is 1.32. The summed E-state index contributed by atoms with van der Waals surface area (Å²) < 4.78 is 7.63. The topological polar surface area (TPSA) is 109 Å². The SMILES string of the molecule is Cc1cc([C@@H]2[C@@H](c3ccccn3)NC(=S)N2c2ccc(NC(=O)COc3ccccc3)cc2)c(C)n1-c1cccc(C(=O)O)c1. The van der Waals surface area contributed by atoms with E-state index in [-0.39, 0.29) is 30.2 Å². The van der Waals surface area contributed by atoms with E-state index >= 15 is 0 Å². The molecule has 3 heterocycles. The van der Waals surface area contributed by atoms with Gasteiger partial charge < -0.3 is 29.9 Å². The minimum absolute atomic E-state index is 0.106. The molecule has 0 unspecified atom stereocenters. The number of hydrogen-bond donors (Lipinski definition) is 3. The number of carbonyl (C=O) groups is 2. The number of amides is 1. The Labute approximate surface area is 266 Å². The van der Waals surface area contributed by atoms with Crippen LogP contribution in [0.2, 0.25) is 0 Å². The Morgan fingerprint density at radius 2 is 1.69 bits per heavy atom. The molecule has 226 valence electrons. The van der Waals surface area contributed by atoms with Gasteiger partial charge in [0.25, 0.3) is 5.91 Å². The zero-order valence-electron chi connectivity index (χ0n) is 24.7. The molecule has 0 aliphatic carbocycles. The van der Waals surface area contributed by atoms with Crippen LogP contribution < -0.4 is 20.3 Å². The van der Waals surface area contributed by atoms with E-state index in [1.54, 1.807) is 36.5 Å². The molecule has 3 aromatic carbocycles. The van der Waals surface area contributed by atoms with Gasteiger partial charge in [-0.3, -0.25) is 9.78 Å². The number of carbonyl (C=O) groups excluding carboxylic acids is 1. The summed E-state index contributed by atoms with van der Waals surface area (Å²) >= 11 is 5.91. The molecule has 1 aliphatic heterocycles. The Hall–Kier alpha value is -5.48. The van der Waals surface area contributed by atoms with Gasteiger partial charge in [0.05, 0.1) is 23.3 Å². The van der Waals surface area contributed by atoms with Crippen LogP contribution in [0.5, 0.6) is 5.75 Å². The third-order valence-electron chi connectivity index (χ3n) is 7.78. The summed E-state index contributed by atoms with van der Waals surface area (Å²) in [5.41, 5.74) is 6.23. The van der Waals surface area contributed by atoms with Crippen molar-refractivity contribution in [2.75, 3.05) is 16.8 Å². The first-order valence-electron chi connectivity index (χ1n) is 14.4. The fraction of sp³-hybridized carbons (Fsp3) is 0.143. The van der Waals surface area contributed by atoms with Gasteiger partial charge in [-0.1, -0.05) is 30.3 Å². The van der Waals surface area contributed by atoms with Gasteiger partial charge in [-0.25, -0.2) is 4.79 Å². The van der Waals surface area contributed by atoms with E-state index in [1.165, 1.54) is 0 Å². The van der Waals surface area contributed by atoms with E-state index in [2.05, 4.69) is 31.2 Å². The van der Waals surface area contributed by atoms with E-state index in [4.69, 9.17) is 17.0 Å². The first-order chi connectivity index (χ1) is 21.8. The van der Waals surface area contributed by atoms with Gasteiger partial charge in [0, 0.05) is 34.6 Å². The number of carboxylic acid groups (broad SMARTS) is 1. The van der Waals surface area contributed by atoms with Crippen molar-refractivity contribution < 1.29 is 19.4 Å². The molecule has 0 radical (unpaired) electrons. The van der Waals surface area contributed by atoms with Crippen LogP contribution in [0.25, 0.3) is 5.69 Å². The molecule has 0 saturated carbocycles. The number of nitrogens with one attached hydrogen (secondary N) is 2. The van der Waals surface area contributed by atoms with E-state index in [9.17, 15) is 14.7 Å². The summed E-state index contributed by atoms with van der Waals surface area (Å²) in [5.74, 6) is -0.618. The first-order valence-corrected chi connectivity index (χ1v) is 14.8. The number of thiocarbonyl (C=S) groups is 1. The number of anilines is 2. The third-order valence-corrected chi connectivity index (χ3v) is 8.10. The zero-order valence-corrected chi connectivity index (χ0v) is 25.5. The van der Waals surface area contributed by atoms with Crippen LogP contribution in [-0.2, 0) is 4.79 Å². The van der Waals surface area contributed by atoms with Gasteiger partial charge >= 0.3 is 5.97 Å². The predicted molar refractivity (Wildman–Crippen MR) is 177 cm³/mol. The highest BCUT2D eigenvalue weighted by molar-refractivity contribution is 7.80. The molecular formula is C35H31N5O4S. The lowest BCUT2D eigenvalue weighted by Gasteiger charge is -2.28. The first kappa shape index (κ1) is 29.6. The number of aromatic nitrogens is 2. The molecule has 1 aliphatic rings. The van der Waals surface area contributed by atoms with E-state index < -0.39 is 5.97 Å². The Morgan fingerprint density at radius 3 is 2.40 bits per heavy atom. The van der Waals surface area contributed by atoms with Crippen LogP contribution in [0.3, 0.4) is 0 Å². The number of carboxylic acids is 1. The molecule has 1 fully saturated rings. The summed E-state index contributed by atoms with van der Waals surface area (Å²) in [6, 6.07) is 31.0. The molecule has 6 rings (SSSR count). The van der Waals surface area contributed by atoms with Crippen molar-refractivity contribution in [3.8, 4) is 11.4 Å². The number of hydrogen-bond acceptors (Lipinski definition) is 5. The van der Waals surface area contributed by atoms with Gasteiger partial charge in [-0.2, -0.15) is 0 Å². The maximum Gasteiger partial charge on any atom is 0.335 e. The van der Waals surface area contributed by atoms with Gasteiger partial charge in [0.2, 0.25) is 0 Å². The lowest BCUT2D eigenvalue weighted by atomic mass is 9.96. The normalized spacial score (nSPS) is 15.9. The Kier molecular flexibility index (Phi) is 8.30. The third kappa shape index (κ3) is 6.13. The molecule has 2 aromatic heterocycles. The van der Waals surface area contributed by atoms with Crippen molar-refractivity contribution >= 4 is 40.6 Å². The molecule has 3 N–H and O–H groups in total. The molecule has 0 spiro atoms. The zero-order chi connectivity index (χ0) is 31.5. The maximum absolute atomic E-state index is 12.5. The van der Waals surface area contributed by atoms with Crippen molar-refractivity contribution in [2.24, 2.45) is 0 Å². The van der Waals surface area contributed by atoms with E-state index in [1.807, 2.05) is 80.6 Å². The number of ether oxygens (including phenoxy) is 1. The van der Waals surface area contributed by atoms with Crippen LogP contribution in [0.15, 0.2) is 109 Å². The van der Waals surface area contributed by atoms with Crippen LogP contribution in [0.1, 0.15) is 45.1 Å². The number of aryl methyl sites for hydroxylation is 1. The lowest BCUT2D eigenvalue weighted by molar-refractivity contribution is -0.118. The standard InChI is InChI=1S/C35H31N5O4S/c1-22-19-29(23(2)39(22)27-10-8-9-24(20-27)34(42)43)33-32(30-13-6-7-18-36-30)38-35(45)40(33)26-16-14-25(15-17-26)37-31(41)21-44-28-11-4-3-5-12-28/h3-20,32-33H,21H2,1-2H3,(H,37,41)(H,38,45)(H,42,43)/t32-,33-/m1/s1. The number of pyridine rings is 1. The highest BCUT2D eigenvalue weighted by Gasteiger charge is 2.42. The van der Waals surface area contributed by atoms with Gasteiger partial charge in [-0.15, -0.1) is 0 Å². The summed E-state index contributed by atoms with van der Waals surface area (Å²) in [6.07, 6.45) is 1.76. The molecule has 1 amide bonds. The van der Waals surface area contributed by atoms with Crippen molar-refractivity contribution in [1.29, 1.82) is 0 Å². The minimum Gasteiger partial charge on any atom is -0.484 e. The molecule has 1 saturated heterocycles. The minimum atomic E-state index is -0.977. The van der Waals surface area contributed by atoms with E-state index in [0.717, 1.165) is 34.0 Å². The Bertz CT molecular complexity index is 1860. The maximum atomic E-state index is 12.5. The molecule has 2 atom stereocenters. The monoisotopic (exact) mass is 617 g/mol. The fourth-order valence-corrected chi connectivity index (χ4v) is 6.13. The van der Waals surface area contributed by atoms with Crippen molar-refractivity contribution in [2.45, 2.75) is 25.9 Å². The van der Waals surface area contributed by atoms with Gasteiger partial charge in [0.1, 0.15) is 5.75 Å². The highest BCUT2D eigenvalue weighted by Crippen LogP contribution is 2.44. The number of benzene rings is 3. The van der Waals surface area contributed by atoms with Crippen molar-refractivity contribution in [3.63, 3.8) is 0 Å². The summed E-state index contributed by atoms with van der Waals surface area (Å²) in [4.78, 5) is 31.0. The number of rotatable bonds is 9. The summed E-state index contributed by atoms with van der Waals surface area (Å²) in [7, 11) is 0. The average molecular weight is 618 g/mol. The molecular weight excluding hydrogens is 586 g/mol. The second-order valence-electron chi connectivity index (χ2n) is 10.7. The van der Waals surface area contributed by atoms with Crippen LogP contribution >= 0.6 is 12.2 Å². The number of nitrogens with zero attached hydrogens (tertiary/aromatic N) is 3. The predicted octanol–water partition coefficient (Wildman–Crippen LogP) is 6.38. The number of aromatic carboxylic acids is 1. The summed E-state index contributed by atoms with van der Waals surface area (Å²) in [6.45, 7) is 3.93. The van der Waals surface area contributed by atoms with Crippen molar-refractivity contribution in [1.82, 2.24) is 14.9 Å². The molecule has 0 bridgehead atoms. The molecule has 45 heavy (non-hydrogen) atoms. The van der Waals surface area contributed by atoms with Crippen molar-refractivity contribution in [3.05, 3.63) is 138 Å². The van der Waals surface area contributed by atoms with Crippen LogP contribution in [0.4, 0.5) is 11.4 Å². The highest BCUT2D eigenvalue weighted by atomic mass is 32.1. The summed E-state index contributed by atoms with van der Waals surface area (Å²) in [5, 5.41) is 16.5. The van der Waals surface area contributed by atoms with Crippen LogP contribution in [0, 0.1) is 13.8 Å². The average Bonchev–Trinajstić information content (AvgIpc) is 3.55. The van der Waals surface area contributed by atoms with Crippen LogP contribution in [-0.4, -0.2) is 38.3 Å². The Morgan fingerprint density at radius 1 is 0.933 bits per heavy atom. The molecule has 9 nitrogen and oxygen atoms in total. The smallest absolute Gasteiger partial charge is 0.335 e. The second kappa shape index (κ2) is 12.6. The molecule has 5 aromatic rings. The number of para-hydroxylation sites is 1. The van der Waals surface area contributed by atoms with Gasteiger partial charge in [0.15, 0.2) is 11.7 Å². The van der Waals surface area contributed by atoms with Gasteiger partial charge in [-0.05, 0) is 104 Å². The lowest BCUT2D eigenvalue weighted by Crippen LogP contribution is -2.29. The quantitative estimate of drug-likeness (QED) is 0.164. The largest absolute Gasteiger partial charge is 0.484 e.